The summed E-state index contributed by atoms with van der Waals surface area (Å²) in [6.07, 6.45) is 0. The van der Waals surface area contributed by atoms with Crippen molar-refractivity contribution in [3.05, 3.63) is 0 Å². The molecule has 0 aromatic heterocycles. The van der Waals surface area contributed by atoms with Crippen LogP contribution in [0.5, 0.6) is 0 Å². The van der Waals surface area contributed by atoms with E-state index >= 15 is 0 Å². The van der Waals surface area contributed by atoms with Gasteiger partial charge in [-0.2, -0.15) is 0 Å². The van der Waals surface area contributed by atoms with E-state index in [4.69, 9.17) is 24.7 Å². The lowest BCUT2D eigenvalue weighted by atomic mass is 10.00. The van der Waals surface area contributed by atoms with Crippen LogP contribution in [0, 0.1) is 0 Å². The lowest BCUT2D eigenvalue weighted by Gasteiger charge is -2.43. The van der Waals surface area contributed by atoms with Crippen molar-refractivity contribution < 1.29 is 42.9 Å². The van der Waals surface area contributed by atoms with E-state index in [0.29, 0.717) is 0 Å². The summed E-state index contributed by atoms with van der Waals surface area (Å²) in [5.74, 6) is -3.82. The van der Waals surface area contributed by atoms with Gasteiger partial charge < -0.3 is 24.7 Å². The number of carbonyl (C=O) groups excluding carboxylic acids is 5. The molecule has 1 rings (SSSR count). The van der Waals surface area contributed by atoms with Crippen LogP contribution < -0.4 is 5.73 Å². The Balaban J connectivity index is 3.08. The van der Waals surface area contributed by atoms with Crippen LogP contribution in [0.2, 0.25) is 0 Å². The first kappa shape index (κ1) is 25.3. The van der Waals surface area contributed by atoms with Gasteiger partial charge in [-0.3, -0.25) is 29.0 Å². The van der Waals surface area contributed by atoms with Gasteiger partial charge in [-0.05, 0) is 20.8 Å². The number of ether oxygens (including phenoxy) is 4. The Bertz CT molecular complexity index is 640. The second-order valence-corrected chi connectivity index (χ2v) is 6.26. The molecule has 0 unspecified atom stereocenters. The van der Waals surface area contributed by atoms with Crippen LogP contribution in [0.3, 0.4) is 0 Å². The van der Waals surface area contributed by atoms with Crippen molar-refractivity contribution in [3.8, 4) is 0 Å². The van der Waals surface area contributed by atoms with Crippen molar-refractivity contribution >= 4 is 29.8 Å². The highest BCUT2D eigenvalue weighted by Gasteiger charge is 2.46. The van der Waals surface area contributed by atoms with Crippen LogP contribution in [0.1, 0.15) is 20.8 Å². The Hall–Kier alpha value is -2.73. The first-order valence-corrected chi connectivity index (χ1v) is 9.65. The summed E-state index contributed by atoms with van der Waals surface area (Å²) in [6.45, 7) is 4.30. The maximum Gasteiger partial charge on any atom is 0.344 e. The van der Waals surface area contributed by atoms with Crippen molar-refractivity contribution in [3.63, 3.8) is 0 Å². The van der Waals surface area contributed by atoms with Gasteiger partial charge in [0.1, 0.15) is 12.1 Å². The molecule has 0 spiro atoms. The van der Waals surface area contributed by atoms with Crippen LogP contribution in [-0.4, -0.2) is 104 Å². The van der Waals surface area contributed by atoms with E-state index in [1.807, 2.05) is 0 Å². The predicted molar refractivity (Wildman–Crippen MR) is 101 cm³/mol. The molecule has 2 N–H and O–H groups in total. The van der Waals surface area contributed by atoms with Crippen molar-refractivity contribution in [2.24, 2.45) is 5.73 Å². The molecule has 0 aromatic carbocycles. The topological polar surface area (TPSA) is 155 Å². The minimum atomic E-state index is -1.33. The Morgan fingerprint density at radius 3 is 1.60 bits per heavy atom. The Morgan fingerprint density at radius 1 is 0.733 bits per heavy atom. The zero-order valence-electron chi connectivity index (χ0n) is 17.5. The average molecular weight is 431 g/mol. The summed E-state index contributed by atoms with van der Waals surface area (Å²) in [7, 11) is 0. The smallest absolute Gasteiger partial charge is 0.344 e. The fourth-order valence-electron chi connectivity index (χ4n) is 3.07. The van der Waals surface area contributed by atoms with Gasteiger partial charge in [0, 0.05) is 13.1 Å². The monoisotopic (exact) mass is 431 g/mol. The molecule has 1 amide bonds. The van der Waals surface area contributed by atoms with Crippen molar-refractivity contribution in [2.45, 2.75) is 32.9 Å². The number of carbonyl (C=O) groups is 5. The summed E-state index contributed by atoms with van der Waals surface area (Å²) in [5, 5.41) is 0. The van der Waals surface area contributed by atoms with Gasteiger partial charge >= 0.3 is 23.9 Å². The molecule has 170 valence electrons. The number of primary amides is 1. The second-order valence-electron chi connectivity index (χ2n) is 6.26. The molecule has 1 heterocycles. The van der Waals surface area contributed by atoms with Crippen molar-refractivity contribution in [1.82, 2.24) is 9.80 Å². The maximum atomic E-state index is 12.8. The quantitative estimate of drug-likeness (QED) is 0.287. The average Bonchev–Trinajstić information content (AvgIpc) is 2.67. The highest BCUT2D eigenvalue weighted by atomic mass is 16.6. The lowest BCUT2D eigenvalue weighted by molar-refractivity contribution is -0.169. The molecule has 1 saturated heterocycles. The van der Waals surface area contributed by atoms with E-state index in [-0.39, 0.29) is 46.0 Å². The molecule has 0 radical (unpaired) electrons. The third-order valence-electron chi connectivity index (χ3n) is 4.21. The van der Waals surface area contributed by atoms with Gasteiger partial charge in [0.05, 0.1) is 32.9 Å². The minimum Gasteiger partial charge on any atom is -0.465 e. The number of amides is 1. The molecule has 12 heteroatoms. The number of esters is 4. The summed E-state index contributed by atoms with van der Waals surface area (Å²) >= 11 is 0. The van der Waals surface area contributed by atoms with Crippen LogP contribution in [-0.2, 0) is 42.9 Å². The molecule has 0 saturated carbocycles. The highest BCUT2D eigenvalue weighted by Crippen LogP contribution is 2.19. The standard InChI is InChI=1S/C18H29N3O9/c1-4-27-12(22)9-20-7-8-21(10-13(23)28-5-2)16(15(20)17(19)25)18(26)30-11-14(24)29-6-3/h15-16H,4-11H2,1-3H3,(H2,19,25)/t15-,16+/m0/s1. The van der Waals surface area contributed by atoms with E-state index in [9.17, 15) is 24.0 Å². The molecule has 1 fully saturated rings. The number of rotatable bonds is 11. The number of hydrogen-bond donors (Lipinski definition) is 1. The van der Waals surface area contributed by atoms with E-state index < -0.39 is 48.5 Å². The number of nitrogens with zero attached hydrogens (tertiary/aromatic N) is 2. The minimum absolute atomic E-state index is 0.103. The van der Waals surface area contributed by atoms with Crippen molar-refractivity contribution in [1.29, 1.82) is 0 Å². The molecule has 30 heavy (non-hydrogen) atoms. The summed E-state index contributed by atoms with van der Waals surface area (Å²) in [5.41, 5.74) is 5.52. The van der Waals surface area contributed by atoms with Gasteiger partial charge in [0.2, 0.25) is 5.91 Å². The van der Waals surface area contributed by atoms with Gasteiger partial charge in [0.25, 0.3) is 0 Å². The SMILES string of the molecule is CCOC(=O)COC(=O)[C@H]1[C@@H](C(N)=O)N(CC(=O)OCC)CCN1CC(=O)OCC. The third-order valence-corrected chi connectivity index (χ3v) is 4.21. The van der Waals surface area contributed by atoms with Gasteiger partial charge in [-0.25, -0.2) is 4.79 Å². The zero-order valence-corrected chi connectivity index (χ0v) is 17.5. The molecule has 0 aromatic rings. The summed E-state index contributed by atoms with van der Waals surface area (Å²) < 4.78 is 19.5. The zero-order chi connectivity index (χ0) is 22.7. The fourth-order valence-corrected chi connectivity index (χ4v) is 3.07. The predicted octanol–water partition coefficient (Wildman–Crippen LogP) is -1.94. The van der Waals surface area contributed by atoms with Crippen LogP contribution in [0.15, 0.2) is 0 Å². The molecular formula is C18H29N3O9. The Kier molecular flexibility index (Phi) is 10.8. The Morgan fingerprint density at radius 2 is 1.17 bits per heavy atom. The first-order chi connectivity index (χ1) is 14.2. The first-order valence-electron chi connectivity index (χ1n) is 9.65. The molecule has 0 bridgehead atoms. The molecule has 2 atom stereocenters. The number of nitrogens with two attached hydrogens (primary N) is 1. The van der Waals surface area contributed by atoms with E-state index in [1.54, 1.807) is 20.8 Å². The molecule has 1 aliphatic rings. The van der Waals surface area contributed by atoms with E-state index in [2.05, 4.69) is 0 Å². The molecule has 1 aliphatic heterocycles. The maximum absolute atomic E-state index is 12.8. The molecular weight excluding hydrogens is 402 g/mol. The number of hydrogen-bond acceptors (Lipinski definition) is 11. The van der Waals surface area contributed by atoms with Crippen LogP contribution in [0.4, 0.5) is 0 Å². The summed E-state index contributed by atoms with van der Waals surface area (Å²) in [6, 6.07) is -2.61. The van der Waals surface area contributed by atoms with Crippen LogP contribution in [0.25, 0.3) is 0 Å². The van der Waals surface area contributed by atoms with Gasteiger partial charge in [-0.15, -0.1) is 0 Å². The van der Waals surface area contributed by atoms with Gasteiger partial charge in [0.15, 0.2) is 6.61 Å². The van der Waals surface area contributed by atoms with E-state index in [1.165, 1.54) is 9.80 Å². The van der Waals surface area contributed by atoms with E-state index in [0.717, 1.165) is 0 Å². The molecule has 12 nitrogen and oxygen atoms in total. The van der Waals surface area contributed by atoms with Crippen LogP contribution >= 0.6 is 0 Å². The third kappa shape index (κ3) is 7.59. The fraction of sp³-hybridized carbons (Fsp3) is 0.722. The van der Waals surface area contributed by atoms with Crippen molar-refractivity contribution in [2.75, 3.05) is 52.6 Å². The largest absolute Gasteiger partial charge is 0.465 e. The second kappa shape index (κ2) is 12.8. The summed E-state index contributed by atoms with van der Waals surface area (Å²) in [4.78, 5) is 63.1. The highest BCUT2D eigenvalue weighted by molar-refractivity contribution is 5.91. The molecule has 0 aliphatic carbocycles. The number of piperazine rings is 1. The van der Waals surface area contributed by atoms with Gasteiger partial charge in [-0.1, -0.05) is 0 Å². The lowest BCUT2D eigenvalue weighted by Crippen LogP contribution is -2.68. The Labute approximate surface area is 174 Å². The normalized spacial score (nSPS) is 19.6.